The van der Waals surface area contributed by atoms with Gasteiger partial charge >= 0.3 is 5.97 Å². The molecule has 1 unspecified atom stereocenters. The summed E-state index contributed by atoms with van der Waals surface area (Å²) in [6, 6.07) is 5.19. The van der Waals surface area contributed by atoms with Gasteiger partial charge in [-0.2, -0.15) is 0 Å². The minimum absolute atomic E-state index is 0.00399. The molecular formula is C15H19N3O2S. The van der Waals surface area contributed by atoms with Crippen LogP contribution in [0.1, 0.15) is 38.9 Å². The van der Waals surface area contributed by atoms with Crippen molar-refractivity contribution in [2.24, 2.45) is 0 Å². The molecule has 21 heavy (non-hydrogen) atoms. The van der Waals surface area contributed by atoms with Crippen molar-refractivity contribution in [1.82, 2.24) is 4.98 Å². The SMILES string of the molecule is COC(=O)c1cccc(N)c1NC(C)c1sc(C)nc1C. The van der Waals surface area contributed by atoms with Crippen molar-refractivity contribution in [2.75, 3.05) is 18.2 Å². The van der Waals surface area contributed by atoms with Crippen molar-refractivity contribution in [3.63, 3.8) is 0 Å². The second-order valence-electron chi connectivity index (χ2n) is 4.81. The molecule has 0 aliphatic rings. The van der Waals surface area contributed by atoms with Gasteiger partial charge in [0.1, 0.15) is 0 Å². The zero-order valence-electron chi connectivity index (χ0n) is 12.6. The maximum absolute atomic E-state index is 11.8. The van der Waals surface area contributed by atoms with Crippen LogP contribution in [0.2, 0.25) is 0 Å². The number of nitrogen functional groups attached to an aromatic ring is 1. The lowest BCUT2D eigenvalue weighted by Gasteiger charge is -2.18. The van der Waals surface area contributed by atoms with Gasteiger partial charge in [-0.1, -0.05) is 6.07 Å². The zero-order valence-corrected chi connectivity index (χ0v) is 13.4. The third-order valence-electron chi connectivity index (χ3n) is 3.20. The first-order chi connectivity index (χ1) is 9.93. The second-order valence-corrected chi connectivity index (χ2v) is 6.04. The first-order valence-corrected chi connectivity index (χ1v) is 7.43. The van der Waals surface area contributed by atoms with E-state index in [1.54, 1.807) is 29.5 Å². The molecule has 2 aromatic rings. The van der Waals surface area contributed by atoms with Gasteiger partial charge in [0.05, 0.1) is 40.8 Å². The summed E-state index contributed by atoms with van der Waals surface area (Å²) in [6.45, 7) is 5.98. The number of thiazole rings is 1. The molecule has 0 radical (unpaired) electrons. The number of para-hydroxylation sites is 1. The number of aryl methyl sites for hydroxylation is 2. The molecule has 1 aromatic heterocycles. The molecule has 0 aliphatic carbocycles. The third-order valence-corrected chi connectivity index (χ3v) is 4.45. The van der Waals surface area contributed by atoms with Crippen LogP contribution in [-0.2, 0) is 4.74 Å². The number of nitrogens with one attached hydrogen (secondary N) is 1. The molecule has 112 valence electrons. The van der Waals surface area contributed by atoms with E-state index in [0.29, 0.717) is 16.9 Å². The number of hydrogen-bond acceptors (Lipinski definition) is 6. The molecule has 0 saturated heterocycles. The fraction of sp³-hybridized carbons (Fsp3) is 0.333. The van der Waals surface area contributed by atoms with E-state index in [0.717, 1.165) is 15.6 Å². The minimum atomic E-state index is -0.408. The minimum Gasteiger partial charge on any atom is -0.465 e. The second kappa shape index (κ2) is 6.13. The molecular weight excluding hydrogens is 286 g/mol. The van der Waals surface area contributed by atoms with E-state index >= 15 is 0 Å². The summed E-state index contributed by atoms with van der Waals surface area (Å²) in [7, 11) is 1.36. The molecule has 0 amide bonds. The van der Waals surface area contributed by atoms with Crippen LogP contribution in [0.4, 0.5) is 11.4 Å². The van der Waals surface area contributed by atoms with Crippen LogP contribution in [0, 0.1) is 13.8 Å². The Balaban J connectivity index is 2.35. The number of methoxy groups -OCH3 is 1. The molecule has 0 saturated carbocycles. The Kier molecular flexibility index (Phi) is 4.47. The molecule has 3 N–H and O–H groups in total. The lowest BCUT2D eigenvalue weighted by atomic mass is 10.1. The van der Waals surface area contributed by atoms with Gasteiger partial charge in [-0.05, 0) is 32.9 Å². The highest BCUT2D eigenvalue weighted by molar-refractivity contribution is 7.11. The predicted molar refractivity (Wildman–Crippen MR) is 85.8 cm³/mol. The number of ether oxygens (including phenoxy) is 1. The lowest BCUT2D eigenvalue weighted by molar-refractivity contribution is 0.0602. The highest BCUT2D eigenvalue weighted by Gasteiger charge is 2.19. The Morgan fingerprint density at radius 3 is 2.71 bits per heavy atom. The molecule has 0 spiro atoms. The fourth-order valence-electron chi connectivity index (χ4n) is 2.24. The molecule has 0 aliphatic heterocycles. The predicted octanol–water partition coefficient (Wildman–Crippen LogP) is 3.30. The van der Waals surface area contributed by atoms with Gasteiger partial charge in [0.2, 0.25) is 0 Å². The Morgan fingerprint density at radius 1 is 1.43 bits per heavy atom. The van der Waals surface area contributed by atoms with Crippen molar-refractivity contribution >= 4 is 28.7 Å². The van der Waals surface area contributed by atoms with E-state index in [9.17, 15) is 4.79 Å². The van der Waals surface area contributed by atoms with Gasteiger partial charge in [-0.3, -0.25) is 0 Å². The van der Waals surface area contributed by atoms with Crippen LogP contribution in [0.15, 0.2) is 18.2 Å². The van der Waals surface area contributed by atoms with Crippen molar-refractivity contribution in [2.45, 2.75) is 26.8 Å². The van der Waals surface area contributed by atoms with Crippen LogP contribution in [0.3, 0.4) is 0 Å². The topological polar surface area (TPSA) is 77.2 Å². The molecule has 5 nitrogen and oxygen atoms in total. The quantitative estimate of drug-likeness (QED) is 0.669. The Bertz CT molecular complexity index is 667. The fourth-order valence-corrected chi connectivity index (χ4v) is 3.17. The number of benzene rings is 1. The van der Waals surface area contributed by atoms with Crippen molar-refractivity contribution in [3.8, 4) is 0 Å². The summed E-state index contributed by atoms with van der Waals surface area (Å²) in [6.07, 6.45) is 0. The first kappa shape index (κ1) is 15.3. The Labute approximate surface area is 128 Å². The molecule has 6 heteroatoms. The molecule has 1 aromatic carbocycles. The van der Waals surface area contributed by atoms with E-state index in [1.165, 1.54) is 7.11 Å². The van der Waals surface area contributed by atoms with Crippen LogP contribution < -0.4 is 11.1 Å². The van der Waals surface area contributed by atoms with Crippen LogP contribution in [0.5, 0.6) is 0 Å². The highest BCUT2D eigenvalue weighted by atomic mass is 32.1. The van der Waals surface area contributed by atoms with Gasteiger partial charge < -0.3 is 15.8 Å². The maximum atomic E-state index is 11.8. The number of aromatic nitrogens is 1. The van der Waals surface area contributed by atoms with Crippen molar-refractivity contribution in [3.05, 3.63) is 39.3 Å². The number of nitrogens with two attached hydrogens (primary N) is 1. The number of carbonyl (C=O) groups excluding carboxylic acids is 1. The number of hydrogen-bond donors (Lipinski definition) is 2. The largest absolute Gasteiger partial charge is 0.465 e. The average molecular weight is 305 g/mol. The van der Waals surface area contributed by atoms with Gasteiger partial charge in [-0.25, -0.2) is 9.78 Å². The van der Waals surface area contributed by atoms with E-state index < -0.39 is 5.97 Å². The smallest absolute Gasteiger partial charge is 0.340 e. The van der Waals surface area contributed by atoms with Crippen molar-refractivity contribution < 1.29 is 9.53 Å². The maximum Gasteiger partial charge on any atom is 0.340 e. The van der Waals surface area contributed by atoms with Crippen LogP contribution in [0.25, 0.3) is 0 Å². The number of anilines is 2. The third kappa shape index (κ3) is 3.16. The number of carbonyl (C=O) groups is 1. The number of esters is 1. The molecule has 1 atom stereocenters. The normalized spacial score (nSPS) is 12.0. The van der Waals surface area contributed by atoms with Gasteiger partial charge in [0, 0.05) is 4.88 Å². The molecule has 0 bridgehead atoms. The number of nitrogens with zero attached hydrogens (tertiary/aromatic N) is 1. The van der Waals surface area contributed by atoms with E-state index in [4.69, 9.17) is 10.5 Å². The van der Waals surface area contributed by atoms with Gasteiger partial charge in [0.15, 0.2) is 0 Å². The van der Waals surface area contributed by atoms with Crippen molar-refractivity contribution in [1.29, 1.82) is 0 Å². The standard InChI is InChI=1S/C15H19N3O2S/c1-8-14(21-10(3)17-8)9(2)18-13-11(15(19)20-4)6-5-7-12(13)16/h5-7,9,18H,16H2,1-4H3. The van der Waals surface area contributed by atoms with E-state index in [-0.39, 0.29) is 6.04 Å². The summed E-state index contributed by atoms with van der Waals surface area (Å²) in [5, 5.41) is 4.33. The Hall–Kier alpha value is -2.08. The summed E-state index contributed by atoms with van der Waals surface area (Å²) < 4.78 is 4.80. The van der Waals surface area contributed by atoms with Gasteiger partial charge in [0.25, 0.3) is 0 Å². The highest BCUT2D eigenvalue weighted by Crippen LogP contribution is 2.32. The van der Waals surface area contributed by atoms with Crippen LogP contribution in [-0.4, -0.2) is 18.1 Å². The summed E-state index contributed by atoms with van der Waals surface area (Å²) in [5.41, 5.74) is 8.54. The average Bonchev–Trinajstić information content (AvgIpc) is 2.79. The zero-order chi connectivity index (χ0) is 15.6. The molecule has 2 rings (SSSR count). The summed E-state index contributed by atoms with van der Waals surface area (Å²) in [5.74, 6) is -0.408. The monoisotopic (exact) mass is 305 g/mol. The Morgan fingerprint density at radius 2 is 2.14 bits per heavy atom. The van der Waals surface area contributed by atoms with E-state index in [2.05, 4.69) is 10.3 Å². The van der Waals surface area contributed by atoms with Crippen LogP contribution >= 0.6 is 11.3 Å². The summed E-state index contributed by atoms with van der Waals surface area (Å²) >= 11 is 1.64. The number of rotatable bonds is 4. The first-order valence-electron chi connectivity index (χ1n) is 6.61. The summed E-state index contributed by atoms with van der Waals surface area (Å²) in [4.78, 5) is 17.4. The lowest BCUT2D eigenvalue weighted by Crippen LogP contribution is -2.13. The molecule has 1 heterocycles. The van der Waals surface area contributed by atoms with Gasteiger partial charge in [-0.15, -0.1) is 11.3 Å². The van der Waals surface area contributed by atoms with E-state index in [1.807, 2.05) is 20.8 Å². The molecule has 0 fully saturated rings.